The van der Waals surface area contributed by atoms with Crippen LogP contribution in [0.25, 0.3) is 0 Å². The molecule has 0 radical (unpaired) electrons. The molecule has 0 aliphatic carbocycles. The maximum atomic E-state index is 4.19. The number of aryl methyl sites for hydroxylation is 3. The molecular formula is C15H21N3. The lowest BCUT2D eigenvalue weighted by molar-refractivity contribution is 0.319. The van der Waals surface area contributed by atoms with Crippen LogP contribution in [0.15, 0.2) is 30.6 Å². The van der Waals surface area contributed by atoms with E-state index >= 15 is 0 Å². The van der Waals surface area contributed by atoms with E-state index in [4.69, 9.17) is 0 Å². The van der Waals surface area contributed by atoms with Crippen LogP contribution in [0.5, 0.6) is 0 Å². The first-order valence-corrected chi connectivity index (χ1v) is 6.26. The van der Waals surface area contributed by atoms with E-state index in [0.29, 0.717) is 0 Å². The summed E-state index contributed by atoms with van der Waals surface area (Å²) >= 11 is 0. The summed E-state index contributed by atoms with van der Waals surface area (Å²) in [6.45, 7) is 6.20. The third kappa shape index (κ3) is 3.44. The molecule has 2 aromatic rings. The summed E-state index contributed by atoms with van der Waals surface area (Å²) in [5.41, 5.74) is 5.29. The lowest BCUT2D eigenvalue weighted by atomic mass is 10.1. The van der Waals surface area contributed by atoms with Gasteiger partial charge >= 0.3 is 0 Å². The fraction of sp³-hybridized carbons (Fsp3) is 0.400. The first-order chi connectivity index (χ1) is 8.52. The molecule has 0 saturated heterocycles. The van der Waals surface area contributed by atoms with Gasteiger partial charge in [0.1, 0.15) is 0 Å². The summed E-state index contributed by atoms with van der Waals surface area (Å²) in [7, 11) is 4.10. The zero-order valence-corrected chi connectivity index (χ0v) is 11.6. The molecule has 0 saturated carbocycles. The van der Waals surface area contributed by atoms with Crippen LogP contribution in [0.1, 0.15) is 22.3 Å². The van der Waals surface area contributed by atoms with Gasteiger partial charge in [0.15, 0.2) is 0 Å². The summed E-state index contributed by atoms with van der Waals surface area (Å²) in [6.07, 6.45) is 4.00. The van der Waals surface area contributed by atoms with Gasteiger partial charge in [-0.2, -0.15) is 5.10 Å². The molecule has 0 atom stereocenters. The summed E-state index contributed by atoms with van der Waals surface area (Å²) in [6, 6.07) is 6.73. The predicted molar refractivity (Wildman–Crippen MR) is 74.3 cm³/mol. The zero-order valence-electron chi connectivity index (χ0n) is 11.6. The van der Waals surface area contributed by atoms with Crippen LogP contribution in [-0.2, 0) is 20.1 Å². The number of hydrogen-bond donors (Lipinski definition) is 0. The molecule has 1 aromatic heterocycles. The van der Waals surface area contributed by atoms with Crippen LogP contribution >= 0.6 is 0 Å². The highest BCUT2D eigenvalue weighted by atomic mass is 15.2. The molecule has 2 rings (SSSR count). The second-order valence-corrected chi connectivity index (χ2v) is 5.19. The average Bonchev–Trinajstić information content (AvgIpc) is 2.61. The molecule has 0 aliphatic rings. The van der Waals surface area contributed by atoms with Crippen LogP contribution < -0.4 is 0 Å². The lowest BCUT2D eigenvalue weighted by Crippen LogP contribution is -2.17. The van der Waals surface area contributed by atoms with E-state index in [0.717, 1.165) is 13.1 Å². The Bertz CT molecular complexity index is 508. The molecule has 3 nitrogen and oxygen atoms in total. The van der Waals surface area contributed by atoms with E-state index in [-0.39, 0.29) is 0 Å². The Morgan fingerprint density at radius 2 is 1.67 bits per heavy atom. The van der Waals surface area contributed by atoms with Gasteiger partial charge in [-0.05, 0) is 26.5 Å². The minimum absolute atomic E-state index is 0.931. The Morgan fingerprint density at radius 3 is 2.22 bits per heavy atom. The van der Waals surface area contributed by atoms with Gasteiger partial charge in [-0.15, -0.1) is 0 Å². The van der Waals surface area contributed by atoms with Gasteiger partial charge in [0.2, 0.25) is 0 Å². The maximum absolute atomic E-state index is 4.19. The third-order valence-electron chi connectivity index (χ3n) is 2.94. The number of hydrogen-bond acceptors (Lipinski definition) is 2. The van der Waals surface area contributed by atoms with Gasteiger partial charge in [0.25, 0.3) is 0 Å². The molecular weight excluding hydrogens is 222 g/mol. The SMILES string of the molecule is Cc1cc(C)cc(CN(C)Cc2cnn(C)c2)c1. The van der Waals surface area contributed by atoms with Crippen molar-refractivity contribution >= 4 is 0 Å². The molecule has 0 spiro atoms. The second-order valence-electron chi connectivity index (χ2n) is 5.19. The van der Waals surface area contributed by atoms with Gasteiger partial charge in [0.05, 0.1) is 6.20 Å². The van der Waals surface area contributed by atoms with Gasteiger partial charge in [0, 0.05) is 31.9 Å². The van der Waals surface area contributed by atoms with Crippen molar-refractivity contribution < 1.29 is 0 Å². The van der Waals surface area contributed by atoms with Crippen molar-refractivity contribution in [1.82, 2.24) is 14.7 Å². The van der Waals surface area contributed by atoms with Gasteiger partial charge < -0.3 is 0 Å². The molecule has 0 fully saturated rings. The summed E-state index contributed by atoms with van der Waals surface area (Å²) in [5.74, 6) is 0. The standard InChI is InChI=1S/C15H21N3/c1-12-5-13(2)7-14(6-12)9-17(3)10-15-8-16-18(4)11-15/h5-8,11H,9-10H2,1-4H3. The van der Waals surface area contributed by atoms with Crippen LogP contribution in [0, 0.1) is 13.8 Å². The fourth-order valence-electron chi connectivity index (χ4n) is 2.39. The van der Waals surface area contributed by atoms with E-state index in [1.165, 1.54) is 22.3 Å². The van der Waals surface area contributed by atoms with Crippen molar-refractivity contribution in [2.24, 2.45) is 7.05 Å². The van der Waals surface area contributed by atoms with Crippen molar-refractivity contribution in [3.63, 3.8) is 0 Å². The number of rotatable bonds is 4. The molecule has 18 heavy (non-hydrogen) atoms. The number of benzene rings is 1. The van der Waals surface area contributed by atoms with E-state index in [1.807, 2.05) is 17.9 Å². The largest absolute Gasteiger partial charge is 0.298 e. The molecule has 1 heterocycles. The highest BCUT2D eigenvalue weighted by Gasteiger charge is 2.04. The Kier molecular flexibility index (Phi) is 3.82. The Morgan fingerprint density at radius 1 is 1.06 bits per heavy atom. The quantitative estimate of drug-likeness (QED) is 0.823. The Balaban J connectivity index is 2.00. The fourth-order valence-corrected chi connectivity index (χ4v) is 2.39. The first-order valence-electron chi connectivity index (χ1n) is 6.26. The van der Waals surface area contributed by atoms with E-state index < -0.39 is 0 Å². The van der Waals surface area contributed by atoms with Crippen LogP contribution in [0.2, 0.25) is 0 Å². The first kappa shape index (κ1) is 12.8. The molecule has 0 aliphatic heterocycles. The number of nitrogens with zero attached hydrogens (tertiary/aromatic N) is 3. The minimum atomic E-state index is 0.931. The Labute approximate surface area is 109 Å². The molecule has 1 aromatic carbocycles. The topological polar surface area (TPSA) is 21.1 Å². The highest BCUT2D eigenvalue weighted by molar-refractivity contribution is 5.28. The molecule has 3 heteroatoms. The van der Waals surface area contributed by atoms with E-state index in [1.54, 1.807) is 0 Å². The minimum Gasteiger partial charge on any atom is -0.298 e. The number of aromatic nitrogens is 2. The van der Waals surface area contributed by atoms with Crippen LogP contribution in [0.3, 0.4) is 0 Å². The van der Waals surface area contributed by atoms with Crippen LogP contribution in [0.4, 0.5) is 0 Å². The van der Waals surface area contributed by atoms with E-state index in [2.05, 4.69) is 55.3 Å². The van der Waals surface area contributed by atoms with Crippen molar-refractivity contribution in [1.29, 1.82) is 0 Å². The zero-order chi connectivity index (χ0) is 13.1. The van der Waals surface area contributed by atoms with Crippen molar-refractivity contribution in [2.75, 3.05) is 7.05 Å². The molecule has 0 bridgehead atoms. The third-order valence-corrected chi connectivity index (χ3v) is 2.94. The molecule has 0 N–H and O–H groups in total. The highest BCUT2D eigenvalue weighted by Crippen LogP contribution is 2.12. The predicted octanol–water partition coefficient (Wildman–Crippen LogP) is 2.67. The summed E-state index contributed by atoms with van der Waals surface area (Å²) < 4.78 is 1.85. The maximum Gasteiger partial charge on any atom is 0.0534 e. The molecule has 0 amide bonds. The summed E-state index contributed by atoms with van der Waals surface area (Å²) in [4.78, 5) is 2.31. The van der Waals surface area contributed by atoms with Crippen molar-refractivity contribution in [3.05, 3.63) is 52.8 Å². The smallest absolute Gasteiger partial charge is 0.0534 e. The van der Waals surface area contributed by atoms with E-state index in [9.17, 15) is 0 Å². The molecule has 96 valence electrons. The van der Waals surface area contributed by atoms with Crippen molar-refractivity contribution in [2.45, 2.75) is 26.9 Å². The Hall–Kier alpha value is -1.61. The summed E-state index contributed by atoms with van der Waals surface area (Å²) in [5, 5.41) is 4.19. The van der Waals surface area contributed by atoms with Gasteiger partial charge in [-0.3, -0.25) is 9.58 Å². The molecule has 0 unspecified atom stereocenters. The van der Waals surface area contributed by atoms with Gasteiger partial charge in [-0.1, -0.05) is 29.3 Å². The van der Waals surface area contributed by atoms with Crippen LogP contribution in [-0.4, -0.2) is 21.7 Å². The van der Waals surface area contributed by atoms with Gasteiger partial charge in [-0.25, -0.2) is 0 Å². The normalized spacial score (nSPS) is 11.2. The monoisotopic (exact) mass is 243 g/mol. The second kappa shape index (κ2) is 5.36. The van der Waals surface area contributed by atoms with Crippen molar-refractivity contribution in [3.8, 4) is 0 Å². The average molecular weight is 243 g/mol. The lowest BCUT2D eigenvalue weighted by Gasteiger charge is -2.16.